The molecule has 0 saturated carbocycles. The Hall–Kier alpha value is -0.960. The van der Waals surface area contributed by atoms with E-state index in [1.54, 1.807) is 16.4 Å². The van der Waals surface area contributed by atoms with Gasteiger partial charge < -0.3 is 10.1 Å². The Morgan fingerprint density at radius 2 is 2.13 bits per heavy atom. The topological polar surface area (TPSA) is 75.7 Å². The van der Waals surface area contributed by atoms with Crippen molar-refractivity contribution in [2.24, 2.45) is 5.92 Å². The van der Waals surface area contributed by atoms with Crippen LogP contribution in [0.2, 0.25) is 0 Å². The van der Waals surface area contributed by atoms with E-state index in [-0.39, 0.29) is 17.9 Å². The van der Waals surface area contributed by atoms with Crippen LogP contribution < -0.4 is 5.32 Å². The summed E-state index contributed by atoms with van der Waals surface area (Å²) in [5, 5.41) is 2.89. The fourth-order valence-corrected chi connectivity index (χ4v) is 6.00. The number of carbonyl (C=O) groups is 1. The van der Waals surface area contributed by atoms with Crippen molar-refractivity contribution in [3.8, 4) is 0 Å². The van der Waals surface area contributed by atoms with E-state index in [0.717, 1.165) is 24.1 Å². The van der Waals surface area contributed by atoms with Crippen molar-refractivity contribution < 1.29 is 17.9 Å². The number of nitrogens with zero attached hydrogens (tertiary/aromatic N) is 1. The van der Waals surface area contributed by atoms with Crippen molar-refractivity contribution in [1.82, 2.24) is 9.62 Å². The highest BCUT2D eigenvalue weighted by molar-refractivity contribution is 7.91. The summed E-state index contributed by atoms with van der Waals surface area (Å²) >= 11 is 1.24. The molecule has 0 radical (unpaired) electrons. The summed E-state index contributed by atoms with van der Waals surface area (Å²) in [6, 6.07) is 3.42. The number of amides is 1. The molecule has 0 aromatic carbocycles. The van der Waals surface area contributed by atoms with Crippen LogP contribution in [-0.2, 0) is 26.1 Å². The Kier molecular flexibility index (Phi) is 5.05. The highest BCUT2D eigenvalue weighted by Crippen LogP contribution is 2.27. The Labute approximate surface area is 140 Å². The molecule has 6 nitrogen and oxygen atoms in total. The molecular formula is C15H22N2O4S2. The van der Waals surface area contributed by atoms with E-state index in [4.69, 9.17) is 4.74 Å². The Morgan fingerprint density at radius 1 is 1.39 bits per heavy atom. The molecule has 1 amide bonds. The number of nitrogens with one attached hydrogen (secondary N) is 1. The van der Waals surface area contributed by atoms with Gasteiger partial charge in [0, 0.05) is 24.6 Å². The average Bonchev–Trinajstić information content (AvgIpc) is 3.25. The predicted molar refractivity (Wildman–Crippen MR) is 87.7 cm³/mol. The van der Waals surface area contributed by atoms with Crippen molar-refractivity contribution in [3.63, 3.8) is 0 Å². The van der Waals surface area contributed by atoms with Gasteiger partial charge in [-0.3, -0.25) is 4.79 Å². The number of hydrogen-bond donors (Lipinski definition) is 1. The van der Waals surface area contributed by atoms with Gasteiger partial charge in [0.2, 0.25) is 5.91 Å². The Morgan fingerprint density at radius 3 is 2.78 bits per heavy atom. The summed E-state index contributed by atoms with van der Waals surface area (Å²) in [6.45, 7) is 4.10. The highest BCUT2D eigenvalue weighted by Gasteiger charge is 2.31. The maximum Gasteiger partial charge on any atom is 0.252 e. The van der Waals surface area contributed by atoms with Gasteiger partial charge in [0.25, 0.3) is 10.0 Å². The molecule has 1 aromatic heterocycles. The summed E-state index contributed by atoms with van der Waals surface area (Å²) < 4.78 is 32.2. The minimum atomic E-state index is -3.36. The monoisotopic (exact) mass is 358 g/mol. The third-order valence-electron chi connectivity index (χ3n) is 4.45. The molecule has 2 aliphatic heterocycles. The lowest BCUT2D eigenvalue weighted by Crippen LogP contribution is -2.33. The van der Waals surface area contributed by atoms with Crippen LogP contribution >= 0.6 is 11.3 Å². The number of ether oxygens (including phenoxy) is 1. The smallest absolute Gasteiger partial charge is 0.252 e. The predicted octanol–water partition coefficient (Wildman–Crippen LogP) is 1.57. The maximum absolute atomic E-state index is 12.5. The number of sulfonamides is 1. The van der Waals surface area contributed by atoms with Crippen molar-refractivity contribution in [3.05, 3.63) is 17.0 Å². The number of thiophene rings is 1. The lowest BCUT2D eigenvalue weighted by molar-refractivity contribution is -0.126. The fraction of sp³-hybridized carbons (Fsp3) is 0.667. The summed E-state index contributed by atoms with van der Waals surface area (Å²) in [7, 11) is -3.36. The number of rotatable bonds is 5. The molecule has 2 aliphatic rings. The standard InChI is InChI=1S/C15H22N2O4S2/c1-11-13(6-9-21-11)15(18)16-10-12-4-5-14(22-12)23(19,20)17-7-2-3-8-17/h4-5,11,13H,2-3,6-10H2,1H3,(H,16,18)/t11-,13-/m1/s1. The summed E-state index contributed by atoms with van der Waals surface area (Å²) in [6.07, 6.45) is 2.54. The Balaban J connectivity index is 1.60. The third kappa shape index (κ3) is 3.60. The SMILES string of the molecule is C[C@H]1OCC[C@H]1C(=O)NCc1ccc(S(=O)(=O)N2CCCC2)s1. The van der Waals surface area contributed by atoms with Gasteiger partial charge in [0.15, 0.2) is 0 Å². The molecule has 2 fully saturated rings. The van der Waals surface area contributed by atoms with Gasteiger partial charge >= 0.3 is 0 Å². The molecular weight excluding hydrogens is 336 g/mol. The van der Waals surface area contributed by atoms with E-state index in [2.05, 4.69) is 5.32 Å². The second-order valence-corrected chi connectivity index (χ2v) is 9.35. The van der Waals surface area contributed by atoms with Crippen molar-refractivity contribution >= 4 is 27.3 Å². The van der Waals surface area contributed by atoms with E-state index < -0.39 is 10.0 Å². The number of carbonyl (C=O) groups excluding carboxylic acids is 1. The summed E-state index contributed by atoms with van der Waals surface area (Å²) in [5.74, 6) is -0.130. The minimum absolute atomic E-state index is 0.0210. The van der Waals surface area contributed by atoms with E-state index in [1.807, 2.05) is 6.92 Å². The molecule has 2 saturated heterocycles. The normalized spacial score (nSPS) is 25.8. The third-order valence-corrected chi connectivity index (χ3v) is 7.90. The molecule has 3 rings (SSSR count). The lowest BCUT2D eigenvalue weighted by Gasteiger charge is -2.14. The molecule has 8 heteroatoms. The average molecular weight is 358 g/mol. The summed E-state index contributed by atoms with van der Waals surface area (Å²) in [5.41, 5.74) is 0. The zero-order valence-electron chi connectivity index (χ0n) is 13.2. The van der Waals surface area contributed by atoms with Gasteiger partial charge in [0.1, 0.15) is 4.21 Å². The van der Waals surface area contributed by atoms with Crippen LogP contribution in [0.1, 0.15) is 31.1 Å². The van der Waals surface area contributed by atoms with Crippen LogP contribution in [0, 0.1) is 5.92 Å². The molecule has 2 atom stereocenters. The van der Waals surface area contributed by atoms with Crippen molar-refractivity contribution in [1.29, 1.82) is 0 Å². The molecule has 3 heterocycles. The number of hydrogen-bond acceptors (Lipinski definition) is 5. The first-order chi connectivity index (χ1) is 11.0. The fourth-order valence-electron chi connectivity index (χ4n) is 3.03. The molecule has 0 unspecified atom stereocenters. The van der Waals surface area contributed by atoms with Gasteiger partial charge in [-0.1, -0.05) is 0 Å². The lowest BCUT2D eigenvalue weighted by atomic mass is 10.0. The van der Waals surface area contributed by atoms with E-state index in [0.29, 0.717) is 30.5 Å². The van der Waals surface area contributed by atoms with E-state index in [9.17, 15) is 13.2 Å². The second-order valence-electron chi connectivity index (χ2n) is 6.02. The Bertz CT molecular complexity index is 665. The van der Waals surface area contributed by atoms with E-state index in [1.165, 1.54) is 11.3 Å². The van der Waals surface area contributed by atoms with Crippen LogP contribution in [0.5, 0.6) is 0 Å². The van der Waals surface area contributed by atoms with Crippen molar-refractivity contribution in [2.75, 3.05) is 19.7 Å². The van der Waals surface area contributed by atoms with Gasteiger partial charge in [-0.15, -0.1) is 11.3 Å². The van der Waals surface area contributed by atoms with Crippen LogP contribution in [0.15, 0.2) is 16.3 Å². The molecule has 1 aromatic rings. The van der Waals surface area contributed by atoms with Gasteiger partial charge in [0.05, 0.1) is 18.6 Å². The van der Waals surface area contributed by atoms with Crippen molar-refractivity contribution in [2.45, 2.75) is 43.0 Å². The van der Waals surface area contributed by atoms with Crippen LogP contribution in [0.3, 0.4) is 0 Å². The first kappa shape index (κ1) is 16.9. The molecule has 128 valence electrons. The van der Waals surface area contributed by atoms with Crippen LogP contribution in [0.4, 0.5) is 0 Å². The molecule has 0 spiro atoms. The first-order valence-corrected chi connectivity index (χ1v) is 10.2. The first-order valence-electron chi connectivity index (χ1n) is 7.96. The van der Waals surface area contributed by atoms with Crippen LogP contribution in [0.25, 0.3) is 0 Å². The van der Waals surface area contributed by atoms with Gasteiger partial charge in [-0.2, -0.15) is 4.31 Å². The molecule has 23 heavy (non-hydrogen) atoms. The highest BCUT2D eigenvalue weighted by atomic mass is 32.2. The summed E-state index contributed by atoms with van der Waals surface area (Å²) in [4.78, 5) is 13.0. The van der Waals surface area contributed by atoms with E-state index >= 15 is 0 Å². The zero-order valence-corrected chi connectivity index (χ0v) is 14.8. The zero-order chi connectivity index (χ0) is 16.4. The van der Waals surface area contributed by atoms with Crippen LogP contribution in [-0.4, -0.2) is 44.4 Å². The van der Waals surface area contributed by atoms with Gasteiger partial charge in [-0.25, -0.2) is 8.42 Å². The molecule has 1 N–H and O–H groups in total. The quantitative estimate of drug-likeness (QED) is 0.867. The minimum Gasteiger partial charge on any atom is -0.378 e. The maximum atomic E-state index is 12.5. The van der Waals surface area contributed by atoms with Gasteiger partial charge in [-0.05, 0) is 38.3 Å². The largest absolute Gasteiger partial charge is 0.378 e. The second kappa shape index (κ2) is 6.88. The molecule has 0 bridgehead atoms. The molecule has 0 aliphatic carbocycles.